The first-order chi connectivity index (χ1) is 11.8. The van der Waals surface area contributed by atoms with Crippen LogP contribution in [0.5, 0.6) is 0 Å². The second kappa shape index (κ2) is 7.21. The number of fused-ring (bicyclic) bond motifs is 1. The Morgan fingerprint density at radius 1 is 1.08 bits per heavy atom. The Morgan fingerprint density at radius 3 is 2.62 bits per heavy atom. The lowest BCUT2D eigenvalue weighted by molar-refractivity contribution is 0.255. The Labute approximate surface area is 148 Å². The predicted octanol–water partition coefficient (Wildman–Crippen LogP) is 2.90. The first-order valence-electron chi connectivity index (χ1n) is 8.68. The molecule has 24 heavy (non-hydrogen) atoms. The number of rotatable bonds is 5. The van der Waals surface area contributed by atoms with Crippen LogP contribution >= 0.6 is 11.8 Å². The molecule has 0 unspecified atom stereocenters. The molecule has 126 valence electrons. The molecule has 2 aliphatic rings. The lowest BCUT2D eigenvalue weighted by Gasteiger charge is -2.20. The molecule has 4 rings (SSSR count). The summed E-state index contributed by atoms with van der Waals surface area (Å²) in [5.41, 5.74) is 2.53. The SMILES string of the molecule is CN1CC[C@@H]2CN(Cc3cnc(SCc4ccccc4)nc3)C[C@@H]21. The summed E-state index contributed by atoms with van der Waals surface area (Å²) < 4.78 is 0. The molecule has 5 heteroatoms. The average Bonchev–Trinajstić information content (AvgIpc) is 3.17. The molecular weight excluding hydrogens is 316 g/mol. The highest BCUT2D eigenvalue weighted by molar-refractivity contribution is 7.98. The van der Waals surface area contributed by atoms with Gasteiger partial charge < -0.3 is 4.90 Å². The van der Waals surface area contributed by atoms with Gasteiger partial charge in [0.25, 0.3) is 0 Å². The molecule has 1 aromatic carbocycles. The summed E-state index contributed by atoms with van der Waals surface area (Å²) >= 11 is 1.70. The van der Waals surface area contributed by atoms with Gasteiger partial charge in [0.15, 0.2) is 5.16 Å². The fraction of sp³-hybridized carbons (Fsp3) is 0.474. The molecule has 0 saturated carbocycles. The van der Waals surface area contributed by atoms with E-state index in [0.717, 1.165) is 29.4 Å². The van der Waals surface area contributed by atoms with Gasteiger partial charge in [-0.05, 0) is 31.5 Å². The first kappa shape index (κ1) is 16.1. The molecule has 0 bridgehead atoms. The second-order valence-electron chi connectivity index (χ2n) is 6.94. The van der Waals surface area contributed by atoms with Gasteiger partial charge in [-0.1, -0.05) is 42.1 Å². The minimum absolute atomic E-state index is 0.756. The number of aromatic nitrogens is 2. The molecular formula is C19H24N4S. The van der Waals surface area contributed by atoms with Gasteiger partial charge in [0.05, 0.1) is 0 Å². The Bertz CT molecular complexity index is 661. The fourth-order valence-corrected chi connectivity index (χ4v) is 4.61. The van der Waals surface area contributed by atoms with Crippen molar-refractivity contribution in [3.05, 3.63) is 53.9 Å². The van der Waals surface area contributed by atoms with Crippen molar-refractivity contribution in [3.63, 3.8) is 0 Å². The lowest BCUT2D eigenvalue weighted by Crippen LogP contribution is -2.31. The zero-order chi connectivity index (χ0) is 16.4. The van der Waals surface area contributed by atoms with Gasteiger partial charge in [-0.15, -0.1) is 0 Å². The number of thioether (sulfide) groups is 1. The van der Waals surface area contributed by atoms with E-state index in [0.29, 0.717) is 0 Å². The van der Waals surface area contributed by atoms with Crippen molar-refractivity contribution in [2.75, 3.05) is 26.7 Å². The zero-order valence-corrected chi connectivity index (χ0v) is 15.0. The average molecular weight is 340 g/mol. The third kappa shape index (κ3) is 3.63. The number of nitrogens with zero attached hydrogens (tertiary/aromatic N) is 4. The molecule has 4 nitrogen and oxygen atoms in total. The van der Waals surface area contributed by atoms with E-state index in [-0.39, 0.29) is 0 Å². The number of hydrogen-bond acceptors (Lipinski definition) is 5. The standard InChI is InChI=1S/C19H24N4S/c1-22-8-7-17-12-23(13-18(17)22)11-16-9-20-19(21-10-16)24-14-15-5-3-2-4-6-15/h2-6,9-10,17-18H,7-8,11-14H2,1H3/t17-,18+/m1/s1. The number of hydrogen-bond donors (Lipinski definition) is 0. The Hall–Kier alpha value is -1.43. The van der Waals surface area contributed by atoms with Crippen molar-refractivity contribution < 1.29 is 0 Å². The monoisotopic (exact) mass is 340 g/mol. The third-order valence-corrected chi connectivity index (χ3v) is 6.15. The summed E-state index contributed by atoms with van der Waals surface area (Å²) in [5, 5.41) is 0.862. The highest BCUT2D eigenvalue weighted by atomic mass is 32.2. The van der Waals surface area contributed by atoms with Crippen molar-refractivity contribution in [2.24, 2.45) is 5.92 Å². The molecule has 2 aromatic rings. The molecule has 2 aliphatic heterocycles. The van der Waals surface area contributed by atoms with E-state index in [9.17, 15) is 0 Å². The zero-order valence-electron chi connectivity index (χ0n) is 14.1. The van der Waals surface area contributed by atoms with Crippen LogP contribution in [0.1, 0.15) is 17.5 Å². The first-order valence-corrected chi connectivity index (χ1v) is 9.67. The van der Waals surface area contributed by atoms with Crippen LogP contribution in [0.15, 0.2) is 47.9 Å². The van der Waals surface area contributed by atoms with Crippen molar-refractivity contribution in [3.8, 4) is 0 Å². The largest absolute Gasteiger partial charge is 0.302 e. The van der Waals surface area contributed by atoms with Crippen LogP contribution in [0.4, 0.5) is 0 Å². The molecule has 0 spiro atoms. The number of likely N-dealkylation sites (tertiary alicyclic amines) is 2. The summed E-state index contributed by atoms with van der Waals surface area (Å²) in [7, 11) is 2.26. The summed E-state index contributed by atoms with van der Waals surface area (Å²) in [6.07, 6.45) is 5.35. The van der Waals surface area contributed by atoms with Crippen LogP contribution in [0.25, 0.3) is 0 Å². The molecule has 0 N–H and O–H groups in total. The maximum Gasteiger partial charge on any atom is 0.187 e. The highest BCUT2D eigenvalue weighted by Crippen LogP contribution is 2.30. The fourth-order valence-electron chi connectivity index (χ4n) is 3.87. The Kier molecular flexibility index (Phi) is 4.83. The van der Waals surface area contributed by atoms with Crippen LogP contribution in [-0.4, -0.2) is 52.5 Å². The third-order valence-electron chi connectivity index (χ3n) is 5.20. The van der Waals surface area contributed by atoms with Gasteiger partial charge in [-0.3, -0.25) is 4.90 Å². The van der Waals surface area contributed by atoms with Gasteiger partial charge in [0.2, 0.25) is 0 Å². The quantitative estimate of drug-likeness (QED) is 0.617. The molecule has 2 atom stereocenters. The van der Waals surface area contributed by atoms with E-state index in [1.54, 1.807) is 11.8 Å². The van der Waals surface area contributed by atoms with Gasteiger partial charge in [-0.25, -0.2) is 9.97 Å². The van der Waals surface area contributed by atoms with E-state index in [4.69, 9.17) is 0 Å². The summed E-state index contributed by atoms with van der Waals surface area (Å²) in [6.45, 7) is 4.65. The Morgan fingerprint density at radius 2 is 1.88 bits per heavy atom. The van der Waals surface area contributed by atoms with Crippen molar-refractivity contribution in [1.82, 2.24) is 19.8 Å². The molecule has 2 fully saturated rings. The van der Waals surface area contributed by atoms with E-state index in [2.05, 4.69) is 51.1 Å². The molecule has 0 radical (unpaired) electrons. The van der Waals surface area contributed by atoms with E-state index in [1.165, 1.54) is 37.2 Å². The van der Waals surface area contributed by atoms with Crippen LogP contribution in [0, 0.1) is 5.92 Å². The molecule has 0 amide bonds. The van der Waals surface area contributed by atoms with Gasteiger partial charge in [0, 0.05) is 49.4 Å². The van der Waals surface area contributed by atoms with Crippen LogP contribution in [0.2, 0.25) is 0 Å². The van der Waals surface area contributed by atoms with Gasteiger partial charge in [-0.2, -0.15) is 0 Å². The summed E-state index contributed by atoms with van der Waals surface area (Å²) in [6, 6.07) is 11.2. The molecule has 0 aliphatic carbocycles. The van der Waals surface area contributed by atoms with E-state index < -0.39 is 0 Å². The van der Waals surface area contributed by atoms with Crippen LogP contribution in [-0.2, 0) is 12.3 Å². The van der Waals surface area contributed by atoms with E-state index >= 15 is 0 Å². The summed E-state index contributed by atoms with van der Waals surface area (Å²) in [4.78, 5) is 14.1. The van der Waals surface area contributed by atoms with Crippen molar-refractivity contribution in [2.45, 2.75) is 29.9 Å². The number of likely N-dealkylation sites (N-methyl/N-ethyl adjacent to an activating group) is 1. The second-order valence-corrected chi connectivity index (χ2v) is 7.88. The molecule has 1 aromatic heterocycles. The normalized spacial score (nSPS) is 24.4. The number of benzene rings is 1. The lowest BCUT2D eigenvalue weighted by atomic mass is 10.1. The smallest absolute Gasteiger partial charge is 0.187 e. The summed E-state index contributed by atoms with van der Waals surface area (Å²) in [5.74, 6) is 1.78. The minimum atomic E-state index is 0.756. The molecule has 3 heterocycles. The highest BCUT2D eigenvalue weighted by Gasteiger charge is 2.39. The maximum absolute atomic E-state index is 4.54. The predicted molar refractivity (Wildman–Crippen MR) is 97.8 cm³/mol. The van der Waals surface area contributed by atoms with Gasteiger partial charge in [0.1, 0.15) is 0 Å². The van der Waals surface area contributed by atoms with Gasteiger partial charge >= 0.3 is 0 Å². The van der Waals surface area contributed by atoms with Crippen molar-refractivity contribution in [1.29, 1.82) is 0 Å². The van der Waals surface area contributed by atoms with E-state index in [1.807, 2.05) is 18.5 Å². The van der Waals surface area contributed by atoms with Crippen LogP contribution in [0.3, 0.4) is 0 Å². The van der Waals surface area contributed by atoms with Crippen LogP contribution < -0.4 is 0 Å². The maximum atomic E-state index is 4.54. The topological polar surface area (TPSA) is 32.3 Å². The van der Waals surface area contributed by atoms with Crippen molar-refractivity contribution >= 4 is 11.8 Å². The minimum Gasteiger partial charge on any atom is -0.302 e. The Balaban J connectivity index is 1.30. The molecule has 2 saturated heterocycles.